The Kier molecular flexibility index (Phi) is 3.56. The number of benzene rings is 1. The van der Waals surface area contributed by atoms with Crippen molar-refractivity contribution in [2.24, 2.45) is 0 Å². The van der Waals surface area contributed by atoms with E-state index in [1.165, 1.54) is 19.3 Å². The number of ether oxygens (including phenoxy) is 1. The molecule has 0 saturated carbocycles. The highest BCUT2D eigenvalue weighted by Gasteiger charge is 2.31. The Balaban J connectivity index is 3.22. The average Bonchev–Trinajstić information content (AvgIpc) is 2.24. The van der Waals surface area contributed by atoms with Crippen LogP contribution in [0.5, 0.6) is 5.75 Å². The Bertz CT molecular complexity index is 444. The third-order valence-electron chi connectivity index (χ3n) is 1.84. The highest BCUT2D eigenvalue weighted by Crippen LogP contribution is 2.32. The second-order valence-corrected chi connectivity index (χ2v) is 2.96. The van der Waals surface area contributed by atoms with E-state index in [0.717, 1.165) is 18.2 Å². The van der Waals surface area contributed by atoms with Gasteiger partial charge < -0.3 is 4.74 Å². The van der Waals surface area contributed by atoms with Crippen LogP contribution in [0, 0.1) is 11.3 Å². The molecule has 0 amide bonds. The van der Waals surface area contributed by atoms with E-state index in [-0.39, 0.29) is 11.3 Å². The molecular formula is C11H8F3NO. The molecule has 5 heteroatoms. The largest absolute Gasteiger partial charge is 0.497 e. The number of nitriles is 1. The second kappa shape index (κ2) is 4.71. The first-order valence-corrected chi connectivity index (χ1v) is 4.30. The van der Waals surface area contributed by atoms with Gasteiger partial charge in [-0.1, -0.05) is 0 Å². The summed E-state index contributed by atoms with van der Waals surface area (Å²) in [5.74, 6) is 0.104. The van der Waals surface area contributed by atoms with E-state index in [1.54, 1.807) is 6.07 Å². The van der Waals surface area contributed by atoms with Crippen LogP contribution in [-0.2, 0) is 6.18 Å². The Morgan fingerprint density at radius 3 is 2.50 bits per heavy atom. The molecule has 0 spiro atoms. The molecule has 0 radical (unpaired) electrons. The number of hydrogen-bond acceptors (Lipinski definition) is 2. The predicted octanol–water partition coefficient (Wildman–Crippen LogP) is 3.25. The minimum absolute atomic E-state index is 0.104. The molecular weight excluding hydrogens is 219 g/mol. The summed E-state index contributed by atoms with van der Waals surface area (Å²) in [6.45, 7) is 0. The van der Waals surface area contributed by atoms with Crippen molar-refractivity contribution in [2.45, 2.75) is 6.18 Å². The highest BCUT2D eigenvalue weighted by atomic mass is 19.4. The molecule has 2 nitrogen and oxygen atoms in total. The minimum atomic E-state index is -4.43. The maximum atomic E-state index is 12.5. The van der Waals surface area contributed by atoms with Crippen LogP contribution in [0.2, 0.25) is 0 Å². The summed E-state index contributed by atoms with van der Waals surface area (Å²) >= 11 is 0. The van der Waals surface area contributed by atoms with E-state index in [0.29, 0.717) is 0 Å². The Morgan fingerprint density at radius 1 is 1.31 bits per heavy atom. The molecule has 1 rings (SSSR count). The number of halogens is 3. The van der Waals surface area contributed by atoms with Gasteiger partial charge in [-0.05, 0) is 29.8 Å². The van der Waals surface area contributed by atoms with Gasteiger partial charge in [0.25, 0.3) is 0 Å². The number of hydrogen-bond donors (Lipinski definition) is 0. The fraction of sp³-hybridized carbons (Fsp3) is 0.182. The summed E-state index contributed by atoms with van der Waals surface area (Å²) < 4.78 is 42.1. The van der Waals surface area contributed by atoms with Crippen molar-refractivity contribution < 1.29 is 17.9 Å². The van der Waals surface area contributed by atoms with Gasteiger partial charge in [0, 0.05) is 6.08 Å². The van der Waals surface area contributed by atoms with Crippen LogP contribution in [0.4, 0.5) is 13.2 Å². The highest BCUT2D eigenvalue weighted by molar-refractivity contribution is 5.55. The van der Waals surface area contributed by atoms with E-state index < -0.39 is 11.7 Å². The van der Waals surface area contributed by atoms with Crippen molar-refractivity contribution in [3.8, 4) is 11.8 Å². The molecule has 1 aromatic carbocycles. The van der Waals surface area contributed by atoms with Gasteiger partial charge >= 0.3 is 6.18 Å². The predicted molar refractivity (Wildman–Crippen MR) is 52.6 cm³/mol. The van der Waals surface area contributed by atoms with Crippen LogP contribution in [-0.4, -0.2) is 7.11 Å². The zero-order valence-electron chi connectivity index (χ0n) is 8.38. The monoisotopic (exact) mass is 227 g/mol. The molecule has 16 heavy (non-hydrogen) atoms. The van der Waals surface area contributed by atoms with Crippen LogP contribution in [0.25, 0.3) is 6.08 Å². The van der Waals surface area contributed by atoms with Crippen LogP contribution in [0.1, 0.15) is 11.1 Å². The van der Waals surface area contributed by atoms with Crippen LogP contribution in [0.3, 0.4) is 0 Å². The van der Waals surface area contributed by atoms with E-state index in [4.69, 9.17) is 10.00 Å². The molecule has 0 aliphatic carbocycles. The van der Waals surface area contributed by atoms with Gasteiger partial charge in [0.05, 0.1) is 18.7 Å². The smallest absolute Gasteiger partial charge is 0.416 e. The Labute approximate surface area is 90.6 Å². The van der Waals surface area contributed by atoms with E-state index in [1.807, 2.05) is 0 Å². The molecule has 0 heterocycles. The van der Waals surface area contributed by atoms with E-state index in [2.05, 4.69) is 0 Å². The number of nitrogens with zero attached hydrogens (tertiary/aromatic N) is 1. The fourth-order valence-corrected chi connectivity index (χ4v) is 1.13. The molecule has 0 aromatic heterocycles. The summed E-state index contributed by atoms with van der Waals surface area (Å²) in [5, 5.41) is 8.29. The van der Waals surface area contributed by atoms with E-state index in [9.17, 15) is 13.2 Å². The van der Waals surface area contributed by atoms with Crippen molar-refractivity contribution in [3.63, 3.8) is 0 Å². The van der Waals surface area contributed by atoms with Crippen molar-refractivity contribution in [1.82, 2.24) is 0 Å². The maximum Gasteiger partial charge on any atom is 0.416 e. The van der Waals surface area contributed by atoms with E-state index >= 15 is 0 Å². The van der Waals surface area contributed by atoms with Crippen molar-refractivity contribution in [3.05, 3.63) is 35.4 Å². The third kappa shape index (κ3) is 3.02. The van der Waals surface area contributed by atoms with Crippen molar-refractivity contribution in [2.75, 3.05) is 7.11 Å². The lowest BCUT2D eigenvalue weighted by Gasteiger charge is -2.09. The summed E-state index contributed by atoms with van der Waals surface area (Å²) in [5.41, 5.74) is -0.530. The zero-order chi connectivity index (χ0) is 12.2. The van der Waals surface area contributed by atoms with Crippen LogP contribution < -0.4 is 4.74 Å². The summed E-state index contributed by atoms with van der Waals surface area (Å²) in [4.78, 5) is 0. The first-order chi connectivity index (χ1) is 7.47. The molecule has 0 saturated heterocycles. The quantitative estimate of drug-likeness (QED) is 0.726. The second-order valence-electron chi connectivity index (χ2n) is 2.96. The fourth-order valence-electron chi connectivity index (χ4n) is 1.13. The van der Waals surface area contributed by atoms with Crippen molar-refractivity contribution >= 4 is 6.08 Å². The molecule has 0 fully saturated rings. The molecule has 0 aliphatic rings. The Morgan fingerprint density at radius 2 is 2.00 bits per heavy atom. The molecule has 0 aliphatic heterocycles. The molecule has 1 aromatic rings. The lowest BCUT2D eigenvalue weighted by atomic mass is 10.1. The average molecular weight is 227 g/mol. The summed E-state index contributed by atoms with van der Waals surface area (Å²) in [7, 11) is 1.28. The number of methoxy groups -OCH3 is 1. The molecule has 0 bridgehead atoms. The zero-order valence-corrected chi connectivity index (χ0v) is 8.38. The normalized spacial score (nSPS) is 11.4. The van der Waals surface area contributed by atoms with Gasteiger partial charge in [0.15, 0.2) is 0 Å². The molecule has 84 valence electrons. The number of allylic oxidation sites excluding steroid dienone is 1. The lowest BCUT2D eigenvalue weighted by Crippen LogP contribution is -2.05. The number of alkyl halides is 3. The first kappa shape index (κ1) is 12.1. The van der Waals surface area contributed by atoms with Gasteiger partial charge in [-0.25, -0.2) is 0 Å². The lowest BCUT2D eigenvalue weighted by molar-refractivity contribution is -0.137. The minimum Gasteiger partial charge on any atom is -0.497 e. The number of rotatable bonds is 2. The topological polar surface area (TPSA) is 33.0 Å². The van der Waals surface area contributed by atoms with Gasteiger partial charge in [-0.2, -0.15) is 18.4 Å². The Hall–Kier alpha value is -1.96. The first-order valence-electron chi connectivity index (χ1n) is 4.30. The SMILES string of the molecule is COc1cc(C=CC#N)cc(C(F)(F)F)c1. The summed E-state index contributed by atoms with van der Waals surface area (Å²) in [6.07, 6.45) is -2.03. The molecule has 0 atom stereocenters. The van der Waals surface area contributed by atoms with Gasteiger partial charge in [0.1, 0.15) is 5.75 Å². The van der Waals surface area contributed by atoms with Crippen molar-refractivity contribution in [1.29, 1.82) is 5.26 Å². The molecule has 0 unspecified atom stereocenters. The third-order valence-corrected chi connectivity index (χ3v) is 1.84. The molecule has 0 N–H and O–H groups in total. The summed E-state index contributed by atoms with van der Waals surface area (Å²) in [6, 6.07) is 4.99. The maximum absolute atomic E-state index is 12.5. The van der Waals surface area contributed by atoms with Gasteiger partial charge in [-0.3, -0.25) is 0 Å². The van der Waals surface area contributed by atoms with Gasteiger partial charge in [0.2, 0.25) is 0 Å². The van der Waals surface area contributed by atoms with Gasteiger partial charge in [-0.15, -0.1) is 0 Å². The van der Waals surface area contributed by atoms with Crippen LogP contribution in [0.15, 0.2) is 24.3 Å². The van der Waals surface area contributed by atoms with Crippen LogP contribution >= 0.6 is 0 Å². The standard InChI is InChI=1S/C11H8F3NO/c1-16-10-6-8(3-2-4-15)5-9(7-10)11(12,13)14/h2-3,5-7H,1H3.